The molecule has 1 aromatic rings. The fraction of sp³-hybridized carbons (Fsp3) is 0.588. The molecule has 0 aromatic heterocycles. The SMILES string of the molecule is CC(=O)N[C@@H]1[C@@H](O)[C@H](O)[C@@H](CO)O[C@H]1Sc1ccc(C(C)C)cc1. The van der Waals surface area contributed by atoms with Crippen molar-refractivity contribution < 1.29 is 24.9 Å². The van der Waals surface area contributed by atoms with Crippen molar-refractivity contribution in [3.05, 3.63) is 29.8 Å². The van der Waals surface area contributed by atoms with Gasteiger partial charge < -0.3 is 25.4 Å². The van der Waals surface area contributed by atoms with Crippen LogP contribution in [0.5, 0.6) is 0 Å². The number of hydrogen-bond acceptors (Lipinski definition) is 6. The summed E-state index contributed by atoms with van der Waals surface area (Å²) < 4.78 is 5.70. The van der Waals surface area contributed by atoms with Gasteiger partial charge in [0.15, 0.2) is 0 Å². The van der Waals surface area contributed by atoms with E-state index in [2.05, 4.69) is 19.2 Å². The molecule has 0 bridgehead atoms. The third kappa shape index (κ3) is 4.49. The highest BCUT2D eigenvalue weighted by atomic mass is 32.2. The standard InChI is InChI=1S/C17H25NO5S/c1-9(2)11-4-6-12(7-5-11)24-17-14(18-10(3)20)16(22)15(21)13(8-19)23-17/h4-7,9,13-17,19,21-22H,8H2,1-3H3,(H,18,20)/t13-,14-,15-,16-,17+/m1/s1. The van der Waals surface area contributed by atoms with Crippen molar-refractivity contribution in [3.8, 4) is 0 Å². The van der Waals surface area contributed by atoms with Crippen LogP contribution in [0.4, 0.5) is 0 Å². The Balaban J connectivity index is 2.17. The molecule has 0 radical (unpaired) electrons. The van der Waals surface area contributed by atoms with Crippen LogP contribution in [0.2, 0.25) is 0 Å². The number of aliphatic hydroxyl groups excluding tert-OH is 3. The Labute approximate surface area is 146 Å². The zero-order chi connectivity index (χ0) is 17.9. The second-order valence-electron chi connectivity index (χ2n) is 6.27. The Bertz CT molecular complexity index is 550. The largest absolute Gasteiger partial charge is 0.394 e. The second kappa shape index (κ2) is 8.31. The maximum atomic E-state index is 11.4. The van der Waals surface area contributed by atoms with Crippen LogP contribution in [0.15, 0.2) is 29.2 Å². The van der Waals surface area contributed by atoms with E-state index in [0.29, 0.717) is 5.92 Å². The monoisotopic (exact) mass is 355 g/mol. The van der Waals surface area contributed by atoms with Gasteiger partial charge in [-0.1, -0.05) is 37.7 Å². The lowest BCUT2D eigenvalue weighted by molar-refractivity contribution is -0.173. The fourth-order valence-corrected chi connectivity index (χ4v) is 3.77. The number of ether oxygens (including phenoxy) is 1. The van der Waals surface area contributed by atoms with E-state index in [1.54, 1.807) is 0 Å². The van der Waals surface area contributed by atoms with E-state index in [-0.39, 0.29) is 5.91 Å². The summed E-state index contributed by atoms with van der Waals surface area (Å²) in [6.07, 6.45) is -3.36. The summed E-state index contributed by atoms with van der Waals surface area (Å²) in [6, 6.07) is 7.20. The van der Waals surface area contributed by atoms with Gasteiger partial charge in [0.2, 0.25) is 5.91 Å². The fourth-order valence-electron chi connectivity index (χ4n) is 2.64. The lowest BCUT2D eigenvalue weighted by Crippen LogP contribution is -2.63. The molecule has 2 rings (SSSR count). The highest BCUT2D eigenvalue weighted by Gasteiger charge is 2.45. The highest BCUT2D eigenvalue weighted by Crippen LogP contribution is 2.34. The van der Waals surface area contributed by atoms with Gasteiger partial charge in [-0.3, -0.25) is 4.79 Å². The molecular formula is C17H25NO5S. The van der Waals surface area contributed by atoms with Crippen LogP contribution in [0.1, 0.15) is 32.3 Å². The van der Waals surface area contributed by atoms with Crippen LogP contribution in [0.25, 0.3) is 0 Å². The first-order valence-electron chi connectivity index (χ1n) is 7.99. The first kappa shape index (κ1) is 19.2. The molecule has 1 heterocycles. The number of nitrogens with one attached hydrogen (secondary N) is 1. The average Bonchev–Trinajstić information content (AvgIpc) is 2.54. The minimum absolute atomic E-state index is 0.321. The predicted octanol–water partition coefficient (Wildman–Crippen LogP) is 0.846. The van der Waals surface area contributed by atoms with Crippen LogP contribution in [-0.2, 0) is 9.53 Å². The third-order valence-corrected chi connectivity index (χ3v) is 5.23. The smallest absolute Gasteiger partial charge is 0.217 e. The molecule has 0 unspecified atom stereocenters. The van der Waals surface area contributed by atoms with Crippen molar-refractivity contribution in [2.24, 2.45) is 0 Å². The van der Waals surface area contributed by atoms with Gasteiger partial charge in [-0.15, -0.1) is 0 Å². The van der Waals surface area contributed by atoms with E-state index in [4.69, 9.17) is 4.74 Å². The van der Waals surface area contributed by atoms with Crippen LogP contribution < -0.4 is 5.32 Å². The van der Waals surface area contributed by atoms with E-state index >= 15 is 0 Å². The van der Waals surface area contributed by atoms with Gasteiger partial charge in [-0.25, -0.2) is 0 Å². The van der Waals surface area contributed by atoms with E-state index < -0.39 is 36.4 Å². The zero-order valence-corrected chi connectivity index (χ0v) is 14.9. The van der Waals surface area contributed by atoms with Gasteiger partial charge in [-0.05, 0) is 23.6 Å². The molecule has 0 aliphatic carbocycles. The number of benzene rings is 1. The summed E-state index contributed by atoms with van der Waals surface area (Å²) in [5, 5.41) is 32.3. The Morgan fingerprint density at radius 1 is 1.25 bits per heavy atom. The number of aliphatic hydroxyl groups is 3. The lowest BCUT2D eigenvalue weighted by atomic mass is 9.98. The summed E-state index contributed by atoms with van der Waals surface area (Å²) in [5.74, 6) is 0.107. The quantitative estimate of drug-likeness (QED) is 0.625. The first-order chi connectivity index (χ1) is 11.3. The normalized spacial score (nSPS) is 30.4. The Morgan fingerprint density at radius 2 is 1.88 bits per heavy atom. The molecule has 1 aromatic carbocycles. The van der Waals surface area contributed by atoms with Crippen molar-refractivity contribution in [3.63, 3.8) is 0 Å². The summed E-state index contributed by atoms with van der Waals surface area (Å²) in [4.78, 5) is 12.3. The van der Waals surface area contributed by atoms with Crippen molar-refractivity contribution >= 4 is 17.7 Å². The predicted molar refractivity (Wildman–Crippen MR) is 91.8 cm³/mol. The molecule has 1 saturated heterocycles. The maximum absolute atomic E-state index is 11.4. The Hall–Kier alpha value is -1.12. The second-order valence-corrected chi connectivity index (χ2v) is 7.45. The van der Waals surface area contributed by atoms with Crippen LogP contribution in [-0.4, -0.2) is 57.6 Å². The molecule has 1 amide bonds. The number of carbonyl (C=O) groups excluding carboxylic acids is 1. The Morgan fingerprint density at radius 3 is 2.38 bits per heavy atom. The van der Waals surface area contributed by atoms with Gasteiger partial charge in [0, 0.05) is 11.8 Å². The number of rotatable bonds is 5. The highest BCUT2D eigenvalue weighted by molar-refractivity contribution is 7.99. The number of hydrogen-bond donors (Lipinski definition) is 4. The van der Waals surface area contributed by atoms with E-state index in [0.717, 1.165) is 4.90 Å². The van der Waals surface area contributed by atoms with Crippen LogP contribution >= 0.6 is 11.8 Å². The summed E-state index contributed by atoms with van der Waals surface area (Å²) in [6.45, 7) is 5.16. The average molecular weight is 355 g/mol. The van der Waals surface area contributed by atoms with Gasteiger partial charge in [-0.2, -0.15) is 0 Å². The topological polar surface area (TPSA) is 99.0 Å². The van der Waals surface area contributed by atoms with Gasteiger partial charge >= 0.3 is 0 Å². The van der Waals surface area contributed by atoms with E-state index in [1.807, 2.05) is 24.3 Å². The minimum Gasteiger partial charge on any atom is -0.394 e. The van der Waals surface area contributed by atoms with Crippen LogP contribution in [0.3, 0.4) is 0 Å². The third-order valence-electron chi connectivity index (χ3n) is 4.05. The first-order valence-corrected chi connectivity index (χ1v) is 8.87. The zero-order valence-electron chi connectivity index (χ0n) is 14.0. The van der Waals surface area contributed by atoms with Gasteiger partial charge in [0.05, 0.1) is 12.6 Å². The summed E-state index contributed by atoms with van der Waals surface area (Å²) in [7, 11) is 0. The van der Waals surface area contributed by atoms with Gasteiger partial charge in [0.1, 0.15) is 23.7 Å². The minimum atomic E-state index is -1.26. The molecule has 24 heavy (non-hydrogen) atoms. The number of amides is 1. The molecule has 1 aliphatic heterocycles. The van der Waals surface area contributed by atoms with Gasteiger partial charge in [0.25, 0.3) is 0 Å². The molecule has 1 aliphatic rings. The molecule has 6 nitrogen and oxygen atoms in total. The summed E-state index contributed by atoms with van der Waals surface area (Å²) in [5.41, 5.74) is 0.598. The molecule has 134 valence electrons. The maximum Gasteiger partial charge on any atom is 0.217 e. The van der Waals surface area contributed by atoms with E-state index in [9.17, 15) is 20.1 Å². The molecular weight excluding hydrogens is 330 g/mol. The molecule has 5 atom stereocenters. The molecule has 4 N–H and O–H groups in total. The van der Waals surface area contributed by atoms with Crippen molar-refractivity contribution in [1.82, 2.24) is 5.32 Å². The summed E-state index contributed by atoms with van der Waals surface area (Å²) >= 11 is 1.34. The molecule has 7 heteroatoms. The van der Waals surface area contributed by atoms with Crippen molar-refractivity contribution in [2.75, 3.05) is 6.61 Å². The molecule has 0 saturated carbocycles. The number of thioether (sulfide) groups is 1. The van der Waals surface area contributed by atoms with E-state index in [1.165, 1.54) is 24.2 Å². The van der Waals surface area contributed by atoms with Crippen molar-refractivity contribution in [2.45, 2.75) is 61.4 Å². The number of carbonyl (C=O) groups is 1. The van der Waals surface area contributed by atoms with Crippen molar-refractivity contribution in [1.29, 1.82) is 0 Å². The molecule has 1 fully saturated rings. The Kier molecular flexibility index (Phi) is 6.65. The lowest BCUT2D eigenvalue weighted by Gasteiger charge is -2.42. The van der Waals surface area contributed by atoms with Crippen LogP contribution in [0, 0.1) is 0 Å². The molecule has 0 spiro atoms.